The second-order valence-corrected chi connectivity index (χ2v) is 8.89. The van der Waals surface area contributed by atoms with E-state index in [0.29, 0.717) is 13.0 Å². The van der Waals surface area contributed by atoms with Crippen molar-refractivity contribution in [3.05, 3.63) is 96.1 Å². The number of benzene rings is 3. The zero-order valence-electron chi connectivity index (χ0n) is 18.3. The van der Waals surface area contributed by atoms with Crippen LogP contribution in [0.25, 0.3) is 11.1 Å². The molecule has 0 N–H and O–H groups in total. The van der Waals surface area contributed by atoms with Gasteiger partial charge in [0, 0.05) is 6.42 Å². The number of nitrogens with zero attached hydrogens (tertiary/aromatic N) is 1. The maximum Gasteiger partial charge on any atom is 0.412 e. The molecule has 0 radical (unpaired) electrons. The van der Waals surface area contributed by atoms with Crippen molar-refractivity contribution in [2.75, 3.05) is 6.54 Å². The normalized spacial score (nSPS) is 18.7. The highest BCUT2D eigenvalue weighted by molar-refractivity contribution is 5.69. The minimum Gasteiger partial charge on any atom is -0.444 e. The first kappa shape index (κ1) is 21.1. The summed E-state index contributed by atoms with van der Waals surface area (Å²) in [5.41, 5.74) is 3.99. The van der Waals surface area contributed by atoms with Crippen molar-refractivity contribution in [2.24, 2.45) is 0 Å². The van der Waals surface area contributed by atoms with Gasteiger partial charge in [-0.15, -0.1) is 0 Å². The molecule has 0 bridgehead atoms. The average Bonchev–Trinajstić information content (AvgIpc) is 3.18. The number of hydrogen-bond acceptors (Lipinski definition) is 3. The summed E-state index contributed by atoms with van der Waals surface area (Å²) in [4.78, 5) is 14.6. The fourth-order valence-electron chi connectivity index (χ4n) is 3.79. The minimum atomic E-state index is -0.552. The Hall–Kier alpha value is -3.11. The molecule has 3 aromatic rings. The molecule has 0 aromatic heterocycles. The van der Waals surface area contributed by atoms with E-state index in [1.54, 1.807) is 4.90 Å². The minimum absolute atomic E-state index is 0.165. The van der Waals surface area contributed by atoms with Gasteiger partial charge < -0.3 is 9.47 Å². The van der Waals surface area contributed by atoms with Crippen LogP contribution < -0.4 is 0 Å². The molecule has 1 fully saturated rings. The van der Waals surface area contributed by atoms with Crippen LogP contribution in [0.4, 0.5) is 4.79 Å². The fourth-order valence-corrected chi connectivity index (χ4v) is 3.79. The molecule has 1 heterocycles. The fraction of sp³-hybridized carbons (Fsp3) is 0.296. The number of amides is 1. The zero-order chi connectivity index (χ0) is 21.8. The van der Waals surface area contributed by atoms with Crippen LogP contribution in [-0.2, 0) is 15.9 Å². The van der Waals surface area contributed by atoms with Crippen molar-refractivity contribution < 1.29 is 14.3 Å². The van der Waals surface area contributed by atoms with Crippen molar-refractivity contribution in [3.8, 4) is 11.1 Å². The molecule has 0 saturated carbocycles. The molecular weight excluding hydrogens is 386 g/mol. The Morgan fingerprint density at radius 2 is 1.48 bits per heavy atom. The van der Waals surface area contributed by atoms with E-state index in [2.05, 4.69) is 36.4 Å². The SMILES string of the molecule is CC(C)(C)OC(=O)N1C[C@@H](c2ccccc2)O[C@H]1Cc1ccc(-c2ccccc2)cc1. The monoisotopic (exact) mass is 415 g/mol. The van der Waals surface area contributed by atoms with Gasteiger partial charge in [0.05, 0.1) is 6.54 Å². The van der Waals surface area contributed by atoms with E-state index >= 15 is 0 Å². The van der Waals surface area contributed by atoms with Gasteiger partial charge in [-0.05, 0) is 43.0 Å². The van der Waals surface area contributed by atoms with Crippen molar-refractivity contribution in [1.29, 1.82) is 0 Å². The molecule has 2 atom stereocenters. The van der Waals surface area contributed by atoms with Gasteiger partial charge in [0.25, 0.3) is 0 Å². The lowest BCUT2D eigenvalue weighted by atomic mass is 10.0. The number of rotatable bonds is 4. The van der Waals surface area contributed by atoms with Gasteiger partial charge in [0.1, 0.15) is 17.9 Å². The third-order valence-corrected chi connectivity index (χ3v) is 5.30. The lowest BCUT2D eigenvalue weighted by Crippen LogP contribution is -2.41. The lowest BCUT2D eigenvalue weighted by Gasteiger charge is -2.27. The first-order valence-corrected chi connectivity index (χ1v) is 10.7. The molecule has 1 aliphatic heterocycles. The Labute approximate surface area is 184 Å². The topological polar surface area (TPSA) is 38.8 Å². The Morgan fingerprint density at radius 1 is 0.903 bits per heavy atom. The molecule has 4 rings (SSSR count). The van der Waals surface area contributed by atoms with Crippen LogP contribution >= 0.6 is 0 Å². The number of ether oxygens (including phenoxy) is 2. The van der Waals surface area contributed by atoms with Crippen LogP contribution in [0.15, 0.2) is 84.9 Å². The van der Waals surface area contributed by atoms with E-state index in [-0.39, 0.29) is 18.4 Å². The van der Waals surface area contributed by atoms with Gasteiger partial charge in [-0.1, -0.05) is 84.9 Å². The molecule has 0 aliphatic carbocycles. The van der Waals surface area contributed by atoms with Gasteiger partial charge >= 0.3 is 6.09 Å². The number of carbonyl (C=O) groups excluding carboxylic acids is 1. The number of carbonyl (C=O) groups is 1. The first-order valence-electron chi connectivity index (χ1n) is 10.7. The van der Waals surface area contributed by atoms with Gasteiger partial charge in [0.2, 0.25) is 0 Å². The summed E-state index contributed by atoms with van der Waals surface area (Å²) in [6, 6.07) is 28.8. The van der Waals surface area contributed by atoms with Gasteiger partial charge in [-0.25, -0.2) is 4.79 Å². The molecule has 4 heteroatoms. The van der Waals surface area contributed by atoms with Gasteiger partial charge in [-0.2, -0.15) is 0 Å². The van der Waals surface area contributed by atoms with E-state index in [1.165, 1.54) is 11.1 Å². The van der Waals surface area contributed by atoms with Crippen LogP contribution in [0.1, 0.15) is 38.0 Å². The quantitative estimate of drug-likeness (QED) is 0.507. The van der Waals surface area contributed by atoms with Crippen molar-refractivity contribution in [3.63, 3.8) is 0 Å². The molecule has 1 saturated heterocycles. The Morgan fingerprint density at radius 3 is 2.10 bits per heavy atom. The molecule has 160 valence electrons. The summed E-state index contributed by atoms with van der Waals surface area (Å²) in [5, 5.41) is 0. The van der Waals surface area contributed by atoms with Crippen molar-refractivity contribution in [2.45, 2.75) is 45.1 Å². The summed E-state index contributed by atoms with van der Waals surface area (Å²) in [6.07, 6.45) is -0.265. The molecule has 1 aliphatic rings. The molecule has 3 aromatic carbocycles. The highest BCUT2D eigenvalue weighted by Crippen LogP contribution is 2.32. The van der Waals surface area contributed by atoms with Crippen molar-refractivity contribution in [1.82, 2.24) is 4.90 Å². The lowest BCUT2D eigenvalue weighted by molar-refractivity contribution is -0.0209. The smallest absolute Gasteiger partial charge is 0.412 e. The third kappa shape index (κ3) is 5.33. The highest BCUT2D eigenvalue weighted by atomic mass is 16.6. The maximum absolute atomic E-state index is 12.9. The summed E-state index contributed by atoms with van der Waals surface area (Å²) < 4.78 is 12.0. The second kappa shape index (κ2) is 8.94. The van der Waals surface area contributed by atoms with E-state index in [0.717, 1.165) is 11.1 Å². The Balaban J connectivity index is 1.52. The highest BCUT2D eigenvalue weighted by Gasteiger charge is 2.39. The van der Waals surface area contributed by atoms with Gasteiger partial charge in [0.15, 0.2) is 0 Å². The predicted molar refractivity (Wildman–Crippen MR) is 123 cm³/mol. The van der Waals surface area contributed by atoms with E-state index < -0.39 is 5.60 Å². The van der Waals surface area contributed by atoms with Crippen LogP contribution in [0.3, 0.4) is 0 Å². The summed E-state index contributed by atoms with van der Waals surface area (Å²) in [7, 11) is 0. The Bertz CT molecular complexity index is 994. The van der Waals surface area contributed by atoms with E-state index in [9.17, 15) is 4.79 Å². The first-order chi connectivity index (χ1) is 14.9. The molecular formula is C27H29NO3. The molecule has 1 amide bonds. The second-order valence-electron chi connectivity index (χ2n) is 8.89. The van der Waals surface area contributed by atoms with E-state index in [1.807, 2.05) is 69.3 Å². The third-order valence-electron chi connectivity index (χ3n) is 5.30. The number of hydrogen-bond donors (Lipinski definition) is 0. The predicted octanol–water partition coefficient (Wildman–Crippen LogP) is 6.23. The molecule has 31 heavy (non-hydrogen) atoms. The van der Waals surface area contributed by atoms with E-state index in [4.69, 9.17) is 9.47 Å². The molecule has 0 spiro atoms. The summed E-state index contributed by atoms with van der Waals surface area (Å²) >= 11 is 0. The van der Waals surface area contributed by atoms with Crippen LogP contribution in [0, 0.1) is 0 Å². The largest absolute Gasteiger partial charge is 0.444 e. The van der Waals surface area contributed by atoms with Gasteiger partial charge in [-0.3, -0.25) is 4.90 Å². The van der Waals surface area contributed by atoms with Crippen LogP contribution in [0.5, 0.6) is 0 Å². The zero-order valence-corrected chi connectivity index (χ0v) is 18.3. The van der Waals surface area contributed by atoms with Crippen molar-refractivity contribution >= 4 is 6.09 Å². The van der Waals surface area contributed by atoms with Crippen LogP contribution in [-0.4, -0.2) is 29.4 Å². The standard InChI is InChI=1S/C27H29NO3/c1-27(2,3)31-26(29)28-19-24(23-12-8-5-9-13-23)30-25(28)18-20-14-16-22(17-15-20)21-10-6-4-7-11-21/h4-17,24-25H,18-19H2,1-3H3/t24-,25-/m0/s1. The average molecular weight is 416 g/mol. The Kier molecular flexibility index (Phi) is 6.10. The summed E-state index contributed by atoms with van der Waals surface area (Å²) in [6.45, 7) is 6.13. The maximum atomic E-state index is 12.9. The summed E-state index contributed by atoms with van der Waals surface area (Å²) in [5.74, 6) is 0. The van der Waals surface area contributed by atoms with Crippen LogP contribution in [0.2, 0.25) is 0 Å². The molecule has 0 unspecified atom stereocenters. The molecule has 4 nitrogen and oxygen atoms in total.